The van der Waals surface area contributed by atoms with Crippen LogP contribution in [0.2, 0.25) is 0 Å². The summed E-state index contributed by atoms with van der Waals surface area (Å²) in [7, 11) is 1.34. The first-order valence-corrected chi connectivity index (χ1v) is 8.79. The molecule has 1 heterocycles. The lowest BCUT2D eigenvalue weighted by atomic mass is 9.91. The van der Waals surface area contributed by atoms with Crippen LogP contribution in [0.1, 0.15) is 48.0 Å². The number of aliphatic carboxylic acids is 1. The van der Waals surface area contributed by atoms with E-state index in [1.165, 1.54) is 14.0 Å². The molecular formula is C19H32O7. The quantitative estimate of drug-likeness (QED) is 0.660. The van der Waals surface area contributed by atoms with Crippen LogP contribution < -0.4 is 0 Å². The molecule has 150 valence electrons. The van der Waals surface area contributed by atoms with Crippen molar-refractivity contribution in [1.29, 1.82) is 0 Å². The van der Waals surface area contributed by atoms with Crippen LogP contribution in [0.4, 0.5) is 0 Å². The number of carboxylic acid groups (broad SMARTS) is 1. The highest BCUT2D eigenvalue weighted by molar-refractivity contribution is 5.87. The van der Waals surface area contributed by atoms with Gasteiger partial charge in [0, 0.05) is 13.5 Å². The number of carbonyl (C=O) groups excluding carboxylic acids is 1. The fraction of sp³-hybridized carbons (Fsp3) is 0.789. The third-order valence-electron chi connectivity index (χ3n) is 4.10. The molecule has 7 heteroatoms. The minimum Gasteiger partial charge on any atom is -0.481 e. The van der Waals surface area contributed by atoms with Crippen LogP contribution in [0.15, 0.2) is 12.2 Å². The Balaban J connectivity index is 3.04. The molecular weight excluding hydrogens is 340 g/mol. The smallest absolute Gasteiger partial charge is 0.306 e. The second-order valence-electron chi connectivity index (χ2n) is 8.35. The maximum absolute atomic E-state index is 12.5. The second kappa shape index (κ2) is 8.61. The summed E-state index contributed by atoms with van der Waals surface area (Å²) < 4.78 is 16.8. The molecule has 0 aromatic carbocycles. The maximum atomic E-state index is 12.5. The zero-order valence-corrected chi connectivity index (χ0v) is 16.7. The Labute approximate surface area is 155 Å². The van der Waals surface area contributed by atoms with Crippen LogP contribution in [0.5, 0.6) is 0 Å². The Morgan fingerprint density at radius 3 is 2.31 bits per heavy atom. The predicted molar refractivity (Wildman–Crippen MR) is 95.6 cm³/mol. The van der Waals surface area contributed by atoms with E-state index >= 15 is 0 Å². The molecule has 0 aromatic rings. The van der Waals surface area contributed by atoms with E-state index in [-0.39, 0.29) is 11.8 Å². The third-order valence-corrected chi connectivity index (χ3v) is 4.10. The molecule has 1 saturated heterocycles. The number of Topliss-reactive ketones (excluding diaryl/α,β-unsaturated/α-hetero) is 1. The first-order valence-electron chi connectivity index (χ1n) is 8.79. The Bertz CT molecular complexity index is 532. The number of hydrogen-bond donors (Lipinski definition) is 2. The highest BCUT2D eigenvalue weighted by Crippen LogP contribution is 2.32. The molecule has 1 aliphatic rings. The second-order valence-corrected chi connectivity index (χ2v) is 8.35. The summed E-state index contributed by atoms with van der Waals surface area (Å²) in [5.41, 5.74) is -0.103. The Hall–Kier alpha value is -1.28. The van der Waals surface area contributed by atoms with Gasteiger partial charge in [-0.05, 0) is 19.3 Å². The average molecular weight is 372 g/mol. The molecule has 7 nitrogen and oxygen atoms in total. The predicted octanol–water partition coefficient (Wildman–Crippen LogP) is 2.16. The van der Waals surface area contributed by atoms with Crippen LogP contribution in [0.3, 0.4) is 0 Å². The van der Waals surface area contributed by atoms with Gasteiger partial charge in [0.2, 0.25) is 0 Å². The van der Waals surface area contributed by atoms with Crippen molar-refractivity contribution < 1.29 is 34.0 Å². The topological polar surface area (TPSA) is 102 Å². The number of allylic oxidation sites excluding steroid dienone is 1. The highest BCUT2D eigenvalue weighted by Gasteiger charge is 2.47. The van der Waals surface area contributed by atoms with Crippen LogP contribution in [-0.2, 0) is 23.8 Å². The lowest BCUT2D eigenvalue weighted by Crippen LogP contribution is -2.59. The summed E-state index contributed by atoms with van der Waals surface area (Å²) in [5, 5.41) is 19.7. The van der Waals surface area contributed by atoms with E-state index in [0.717, 1.165) is 0 Å². The van der Waals surface area contributed by atoms with Gasteiger partial charge in [-0.2, -0.15) is 0 Å². The first-order chi connectivity index (χ1) is 11.8. The monoisotopic (exact) mass is 372 g/mol. The van der Waals surface area contributed by atoms with E-state index in [2.05, 4.69) is 0 Å². The summed E-state index contributed by atoms with van der Waals surface area (Å²) in [6, 6.07) is 0. The molecule has 0 unspecified atom stereocenters. The van der Waals surface area contributed by atoms with Gasteiger partial charge in [0.05, 0.1) is 5.92 Å². The van der Waals surface area contributed by atoms with Gasteiger partial charge >= 0.3 is 5.97 Å². The number of carbonyl (C=O) groups is 2. The largest absolute Gasteiger partial charge is 0.481 e. The number of aliphatic hydroxyl groups excluding tert-OH is 1. The molecule has 0 radical (unpaired) electrons. The number of methoxy groups -OCH3 is 1. The van der Waals surface area contributed by atoms with E-state index in [0.29, 0.717) is 0 Å². The summed E-state index contributed by atoms with van der Waals surface area (Å²) in [6.07, 6.45) is -0.369. The molecule has 5 atom stereocenters. The summed E-state index contributed by atoms with van der Waals surface area (Å²) in [4.78, 5) is 23.5. The molecule has 1 fully saturated rings. The van der Waals surface area contributed by atoms with Gasteiger partial charge in [0.25, 0.3) is 0 Å². The maximum Gasteiger partial charge on any atom is 0.306 e. The SMILES string of the molecule is CO[C@@H](C(=O)C[C@@H](C)C(=O)O)[C@@H]1OC(C)(C)O[C@H](/C=C/C(C)(C)C)[C@H]1O. The fourth-order valence-corrected chi connectivity index (χ4v) is 2.74. The molecule has 0 saturated carbocycles. The van der Waals surface area contributed by atoms with E-state index in [1.54, 1.807) is 19.9 Å². The van der Waals surface area contributed by atoms with Gasteiger partial charge in [-0.1, -0.05) is 39.8 Å². The number of carboxylic acids is 1. The minimum atomic E-state index is -1.13. The van der Waals surface area contributed by atoms with Crippen molar-refractivity contribution >= 4 is 11.8 Å². The van der Waals surface area contributed by atoms with Gasteiger partial charge in [0.1, 0.15) is 24.4 Å². The zero-order chi connectivity index (χ0) is 20.3. The van der Waals surface area contributed by atoms with Crippen molar-refractivity contribution in [2.24, 2.45) is 11.3 Å². The number of ketones is 1. The summed E-state index contributed by atoms with van der Waals surface area (Å²) >= 11 is 0. The van der Waals surface area contributed by atoms with Gasteiger partial charge in [-0.3, -0.25) is 9.59 Å². The van der Waals surface area contributed by atoms with Crippen molar-refractivity contribution in [1.82, 2.24) is 0 Å². The van der Waals surface area contributed by atoms with Gasteiger partial charge < -0.3 is 24.4 Å². The molecule has 26 heavy (non-hydrogen) atoms. The number of ether oxygens (including phenoxy) is 3. The zero-order valence-electron chi connectivity index (χ0n) is 16.7. The molecule has 2 N–H and O–H groups in total. The number of hydrogen-bond acceptors (Lipinski definition) is 6. The van der Waals surface area contributed by atoms with Gasteiger partial charge in [-0.25, -0.2) is 0 Å². The van der Waals surface area contributed by atoms with Crippen LogP contribution in [0, 0.1) is 11.3 Å². The van der Waals surface area contributed by atoms with Gasteiger partial charge in [0.15, 0.2) is 11.6 Å². The molecule has 0 spiro atoms. The molecule has 0 amide bonds. The van der Waals surface area contributed by atoms with Crippen molar-refractivity contribution in [2.45, 2.75) is 78.2 Å². The Kier molecular flexibility index (Phi) is 7.53. The normalized spacial score (nSPS) is 28.7. The summed E-state index contributed by atoms with van der Waals surface area (Å²) in [5.74, 6) is -3.37. The standard InChI is InChI=1S/C19H32O7/c1-11(17(22)23)10-12(20)15(24-7)16-14(21)13(8-9-18(2,3)4)25-19(5,6)26-16/h8-9,11,13-16,21H,10H2,1-7H3,(H,22,23)/b9-8+/t11-,13-,14-,15+,16-/m1/s1. The van der Waals surface area contributed by atoms with Crippen molar-refractivity contribution in [3.8, 4) is 0 Å². The van der Waals surface area contributed by atoms with E-state index in [1.807, 2.05) is 26.8 Å². The lowest BCUT2D eigenvalue weighted by molar-refractivity contribution is -0.334. The molecule has 1 rings (SSSR count). The van der Waals surface area contributed by atoms with E-state index in [4.69, 9.17) is 19.3 Å². The molecule has 0 bridgehead atoms. The van der Waals surface area contributed by atoms with Crippen LogP contribution >= 0.6 is 0 Å². The van der Waals surface area contributed by atoms with Gasteiger partial charge in [-0.15, -0.1) is 0 Å². The van der Waals surface area contributed by atoms with Crippen molar-refractivity contribution in [3.63, 3.8) is 0 Å². The Morgan fingerprint density at radius 1 is 1.27 bits per heavy atom. The van der Waals surface area contributed by atoms with Crippen molar-refractivity contribution in [3.05, 3.63) is 12.2 Å². The highest BCUT2D eigenvalue weighted by atomic mass is 16.7. The molecule has 0 aromatic heterocycles. The first kappa shape index (κ1) is 22.8. The van der Waals surface area contributed by atoms with Crippen molar-refractivity contribution in [2.75, 3.05) is 7.11 Å². The molecule has 0 aliphatic carbocycles. The van der Waals surface area contributed by atoms with E-state index < -0.39 is 47.9 Å². The fourth-order valence-electron chi connectivity index (χ4n) is 2.74. The molecule has 1 aliphatic heterocycles. The minimum absolute atomic E-state index is 0.103. The van der Waals surface area contributed by atoms with E-state index in [9.17, 15) is 14.7 Å². The summed E-state index contributed by atoms with van der Waals surface area (Å²) in [6.45, 7) is 10.9. The number of rotatable bonds is 7. The third kappa shape index (κ3) is 6.46. The number of aliphatic hydroxyl groups is 1. The Morgan fingerprint density at radius 2 is 1.85 bits per heavy atom. The van der Waals surface area contributed by atoms with Crippen LogP contribution in [0.25, 0.3) is 0 Å². The lowest BCUT2D eigenvalue weighted by Gasteiger charge is -2.45. The average Bonchev–Trinajstić information content (AvgIpc) is 2.48. The van der Waals surface area contributed by atoms with Crippen LogP contribution in [-0.4, -0.2) is 59.3 Å².